The number of nitrogens with zero attached hydrogens (tertiary/aromatic N) is 1. The lowest BCUT2D eigenvalue weighted by atomic mass is 10.1. The molecular weight excluding hydrogens is 380 g/mol. The van der Waals surface area contributed by atoms with E-state index in [4.69, 9.17) is 9.47 Å². The van der Waals surface area contributed by atoms with Gasteiger partial charge in [-0.05, 0) is 42.7 Å². The lowest BCUT2D eigenvalue weighted by Gasteiger charge is -2.16. The number of amides is 1. The van der Waals surface area contributed by atoms with Crippen LogP contribution in [-0.4, -0.2) is 45.9 Å². The van der Waals surface area contributed by atoms with Crippen LogP contribution >= 0.6 is 0 Å². The molecule has 3 rings (SSSR count). The summed E-state index contributed by atoms with van der Waals surface area (Å²) in [5.41, 5.74) is 1.11. The Morgan fingerprint density at radius 3 is 2.11 bits per heavy atom. The topological polar surface area (TPSA) is 84.9 Å². The third-order valence-electron chi connectivity index (χ3n) is 4.73. The van der Waals surface area contributed by atoms with Crippen LogP contribution in [0, 0.1) is 0 Å². The number of carbonyl (C=O) groups excluding carboxylic acids is 1. The largest absolute Gasteiger partial charge is 0.496 e. The van der Waals surface area contributed by atoms with Crippen molar-refractivity contribution in [3.8, 4) is 11.5 Å². The van der Waals surface area contributed by atoms with Gasteiger partial charge in [0.05, 0.1) is 19.1 Å². The lowest BCUT2D eigenvalue weighted by Crippen LogP contribution is -2.28. The SMILES string of the molecule is COc1cccc(OC)c1C(=O)NCc1ccc(S(=O)(=O)N2CCCC2)cc1. The molecule has 1 aliphatic rings. The van der Waals surface area contributed by atoms with Gasteiger partial charge in [-0.15, -0.1) is 0 Å². The summed E-state index contributed by atoms with van der Waals surface area (Å²) < 4.78 is 37.1. The van der Waals surface area contributed by atoms with Gasteiger partial charge in [-0.3, -0.25) is 4.79 Å². The minimum absolute atomic E-state index is 0.254. The van der Waals surface area contributed by atoms with E-state index in [2.05, 4.69) is 5.32 Å². The van der Waals surface area contributed by atoms with Crippen LogP contribution in [0.5, 0.6) is 11.5 Å². The molecular formula is C20H24N2O5S. The van der Waals surface area contributed by atoms with Crippen molar-refractivity contribution in [2.45, 2.75) is 24.3 Å². The lowest BCUT2D eigenvalue weighted by molar-refractivity contribution is 0.0944. The van der Waals surface area contributed by atoms with E-state index in [0.29, 0.717) is 30.2 Å². The molecule has 2 aromatic carbocycles. The molecule has 0 aliphatic carbocycles. The second-order valence-electron chi connectivity index (χ2n) is 6.48. The van der Waals surface area contributed by atoms with Gasteiger partial charge in [0.2, 0.25) is 10.0 Å². The predicted octanol–water partition coefficient (Wildman–Crippen LogP) is 2.42. The van der Waals surface area contributed by atoms with Crippen molar-refractivity contribution in [1.29, 1.82) is 0 Å². The van der Waals surface area contributed by atoms with E-state index >= 15 is 0 Å². The van der Waals surface area contributed by atoms with Gasteiger partial charge in [0.1, 0.15) is 17.1 Å². The molecule has 0 bridgehead atoms. The number of hydrogen-bond acceptors (Lipinski definition) is 5. The van der Waals surface area contributed by atoms with Crippen molar-refractivity contribution in [3.05, 3.63) is 53.6 Å². The van der Waals surface area contributed by atoms with E-state index in [-0.39, 0.29) is 17.3 Å². The van der Waals surface area contributed by atoms with Crippen LogP contribution in [0.25, 0.3) is 0 Å². The molecule has 1 heterocycles. The Balaban J connectivity index is 1.70. The fourth-order valence-corrected chi connectivity index (χ4v) is 4.72. The maximum Gasteiger partial charge on any atom is 0.259 e. The first-order valence-electron chi connectivity index (χ1n) is 9.05. The van der Waals surface area contributed by atoms with Crippen molar-refractivity contribution in [3.63, 3.8) is 0 Å². The third kappa shape index (κ3) is 4.13. The van der Waals surface area contributed by atoms with Crippen LogP contribution in [0.2, 0.25) is 0 Å². The molecule has 0 unspecified atom stereocenters. The molecule has 1 amide bonds. The summed E-state index contributed by atoms with van der Waals surface area (Å²) in [5, 5.41) is 2.82. The van der Waals surface area contributed by atoms with Gasteiger partial charge in [-0.1, -0.05) is 18.2 Å². The summed E-state index contributed by atoms with van der Waals surface area (Å²) in [7, 11) is -0.452. The highest BCUT2D eigenvalue weighted by Crippen LogP contribution is 2.28. The van der Waals surface area contributed by atoms with E-state index in [1.54, 1.807) is 42.5 Å². The first kappa shape index (κ1) is 20.2. The van der Waals surface area contributed by atoms with Crippen molar-refractivity contribution in [2.75, 3.05) is 27.3 Å². The maximum absolute atomic E-state index is 12.6. The van der Waals surface area contributed by atoms with Crippen molar-refractivity contribution in [2.24, 2.45) is 0 Å². The fraction of sp³-hybridized carbons (Fsp3) is 0.350. The Morgan fingerprint density at radius 2 is 1.57 bits per heavy atom. The molecule has 0 atom stereocenters. The molecule has 1 N–H and O–H groups in total. The van der Waals surface area contributed by atoms with Gasteiger partial charge in [0.15, 0.2) is 0 Å². The summed E-state index contributed by atoms with van der Waals surface area (Å²) in [6.45, 7) is 1.39. The van der Waals surface area contributed by atoms with Crippen LogP contribution < -0.4 is 14.8 Å². The van der Waals surface area contributed by atoms with Gasteiger partial charge < -0.3 is 14.8 Å². The third-order valence-corrected chi connectivity index (χ3v) is 6.65. The molecule has 7 nitrogen and oxygen atoms in total. The van der Waals surface area contributed by atoms with Crippen molar-refractivity contribution >= 4 is 15.9 Å². The number of methoxy groups -OCH3 is 2. The molecule has 0 radical (unpaired) electrons. The van der Waals surface area contributed by atoms with Crippen LogP contribution in [0.15, 0.2) is 47.4 Å². The van der Waals surface area contributed by atoms with Gasteiger partial charge in [-0.2, -0.15) is 4.31 Å². The fourth-order valence-electron chi connectivity index (χ4n) is 3.20. The molecule has 0 aromatic heterocycles. The van der Waals surface area contributed by atoms with Gasteiger partial charge in [-0.25, -0.2) is 8.42 Å². The molecule has 28 heavy (non-hydrogen) atoms. The minimum atomic E-state index is -3.43. The molecule has 8 heteroatoms. The first-order valence-corrected chi connectivity index (χ1v) is 10.5. The molecule has 1 fully saturated rings. The molecule has 1 saturated heterocycles. The molecule has 2 aromatic rings. The summed E-state index contributed by atoms with van der Waals surface area (Å²) in [6.07, 6.45) is 1.80. The maximum atomic E-state index is 12.6. The van der Waals surface area contributed by atoms with E-state index in [9.17, 15) is 13.2 Å². The second kappa shape index (κ2) is 8.62. The van der Waals surface area contributed by atoms with Crippen LogP contribution in [0.3, 0.4) is 0 Å². The Kier molecular flexibility index (Phi) is 6.21. The van der Waals surface area contributed by atoms with E-state index in [1.165, 1.54) is 18.5 Å². The number of rotatable bonds is 7. The molecule has 150 valence electrons. The van der Waals surface area contributed by atoms with Gasteiger partial charge in [0.25, 0.3) is 5.91 Å². The van der Waals surface area contributed by atoms with E-state index in [1.807, 2.05) is 0 Å². The van der Waals surface area contributed by atoms with E-state index < -0.39 is 10.0 Å². The zero-order valence-electron chi connectivity index (χ0n) is 16.0. The Morgan fingerprint density at radius 1 is 1.00 bits per heavy atom. The predicted molar refractivity (Wildman–Crippen MR) is 105 cm³/mol. The average Bonchev–Trinajstić information content (AvgIpc) is 3.27. The second-order valence-corrected chi connectivity index (χ2v) is 8.41. The first-order chi connectivity index (χ1) is 13.5. The number of benzene rings is 2. The highest BCUT2D eigenvalue weighted by atomic mass is 32.2. The van der Waals surface area contributed by atoms with Crippen molar-refractivity contribution < 1.29 is 22.7 Å². The Bertz CT molecular complexity index is 913. The summed E-state index contributed by atoms with van der Waals surface area (Å²) in [6, 6.07) is 11.7. The highest BCUT2D eigenvalue weighted by molar-refractivity contribution is 7.89. The normalized spacial score (nSPS) is 14.6. The Hall–Kier alpha value is -2.58. The van der Waals surface area contributed by atoms with Crippen LogP contribution in [0.4, 0.5) is 0 Å². The molecule has 0 saturated carbocycles. The summed E-state index contributed by atoms with van der Waals surface area (Å²) in [5.74, 6) is 0.510. The number of carbonyl (C=O) groups is 1. The smallest absolute Gasteiger partial charge is 0.259 e. The minimum Gasteiger partial charge on any atom is -0.496 e. The van der Waals surface area contributed by atoms with Crippen LogP contribution in [0.1, 0.15) is 28.8 Å². The van der Waals surface area contributed by atoms with E-state index in [0.717, 1.165) is 18.4 Å². The Labute approximate surface area is 165 Å². The van der Waals surface area contributed by atoms with Crippen LogP contribution in [-0.2, 0) is 16.6 Å². The van der Waals surface area contributed by atoms with Gasteiger partial charge >= 0.3 is 0 Å². The highest BCUT2D eigenvalue weighted by Gasteiger charge is 2.27. The quantitative estimate of drug-likeness (QED) is 0.766. The standard InChI is InChI=1S/C20H24N2O5S/c1-26-17-6-5-7-18(27-2)19(17)20(23)21-14-15-8-10-16(11-9-15)28(24,25)22-12-3-4-13-22/h5-11H,3-4,12-14H2,1-2H3,(H,21,23). The van der Waals surface area contributed by atoms with Crippen molar-refractivity contribution in [1.82, 2.24) is 9.62 Å². The average molecular weight is 404 g/mol. The molecule has 0 spiro atoms. The monoisotopic (exact) mass is 404 g/mol. The zero-order valence-corrected chi connectivity index (χ0v) is 16.8. The van der Waals surface area contributed by atoms with Gasteiger partial charge in [0, 0.05) is 19.6 Å². The number of ether oxygens (including phenoxy) is 2. The number of hydrogen-bond donors (Lipinski definition) is 1. The summed E-state index contributed by atoms with van der Waals surface area (Å²) in [4.78, 5) is 12.9. The number of sulfonamides is 1. The summed E-state index contributed by atoms with van der Waals surface area (Å²) >= 11 is 0. The molecule has 1 aliphatic heterocycles. The zero-order chi connectivity index (χ0) is 20.1. The number of nitrogens with one attached hydrogen (secondary N) is 1.